The van der Waals surface area contributed by atoms with Crippen molar-refractivity contribution in [1.29, 1.82) is 0 Å². The molecule has 2 rings (SSSR count). The predicted molar refractivity (Wildman–Crippen MR) is 41.8 cm³/mol. The number of terminal acetylenes is 1. The van der Waals surface area contributed by atoms with Crippen LogP contribution in [0.5, 0.6) is 0 Å². The zero-order valence-corrected chi connectivity index (χ0v) is 6.12. The molecule has 0 atom stereocenters. The van der Waals surface area contributed by atoms with Gasteiger partial charge in [0, 0.05) is 18.6 Å². The lowest BCUT2D eigenvalue weighted by Crippen LogP contribution is -2.05. The highest BCUT2D eigenvalue weighted by atomic mass is 14.8. The molecule has 0 unspecified atom stereocenters. The highest BCUT2D eigenvalue weighted by molar-refractivity contribution is 5.34. The smallest absolute Gasteiger partial charge is 0.0767 e. The average Bonchev–Trinajstić information content (AvgIpc) is 2.86. The van der Waals surface area contributed by atoms with Gasteiger partial charge < -0.3 is 0 Å². The molecule has 0 spiro atoms. The monoisotopic (exact) mass is 144 g/mol. The van der Waals surface area contributed by atoms with E-state index in [-0.39, 0.29) is 5.41 Å². The minimum atomic E-state index is -0.0613. The molecule has 1 saturated carbocycles. The van der Waals surface area contributed by atoms with Gasteiger partial charge in [0.2, 0.25) is 0 Å². The van der Waals surface area contributed by atoms with Crippen molar-refractivity contribution in [1.82, 2.24) is 9.97 Å². The minimum absolute atomic E-state index is 0.0613. The van der Waals surface area contributed by atoms with E-state index in [1.54, 1.807) is 18.6 Å². The van der Waals surface area contributed by atoms with Crippen molar-refractivity contribution in [3.8, 4) is 12.3 Å². The van der Waals surface area contributed by atoms with Gasteiger partial charge in [-0.3, -0.25) is 9.97 Å². The fourth-order valence-electron chi connectivity index (χ4n) is 1.15. The van der Waals surface area contributed by atoms with Crippen LogP contribution in [0.15, 0.2) is 18.6 Å². The van der Waals surface area contributed by atoms with Gasteiger partial charge in [0.15, 0.2) is 0 Å². The van der Waals surface area contributed by atoms with Crippen LogP contribution in [0.4, 0.5) is 0 Å². The molecule has 1 fully saturated rings. The second-order valence-corrected chi connectivity index (χ2v) is 2.82. The molecule has 1 heterocycles. The second-order valence-electron chi connectivity index (χ2n) is 2.82. The van der Waals surface area contributed by atoms with E-state index in [0.29, 0.717) is 0 Å². The third-order valence-electron chi connectivity index (χ3n) is 2.08. The van der Waals surface area contributed by atoms with Gasteiger partial charge in [0.25, 0.3) is 0 Å². The predicted octanol–water partition coefficient (Wildman–Crippen LogP) is 1.14. The first-order valence-electron chi connectivity index (χ1n) is 3.62. The summed E-state index contributed by atoms with van der Waals surface area (Å²) < 4.78 is 0. The molecule has 0 aromatic carbocycles. The number of aromatic nitrogens is 2. The molecule has 1 aliphatic rings. The Morgan fingerprint density at radius 1 is 1.45 bits per heavy atom. The molecule has 0 saturated heterocycles. The van der Waals surface area contributed by atoms with E-state index in [9.17, 15) is 0 Å². The van der Waals surface area contributed by atoms with E-state index < -0.39 is 0 Å². The summed E-state index contributed by atoms with van der Waals surface area (Å²) in [6, 6.07) is 0. The molecule has 0 N–H and O–H groups in total. The second kappa shape index (κ2) is 2.06. The number of hydrogen-bond donors (Lipinski definition) is 0. The van der Waals surface area contributed by atoms with Crippen molar-refractivity contribution in [3.05, 3.63) is 24.3 Å². The van der Waals surface area contributed by atoms with Crippen molar-refractivity contribution in [2.24, 2.45) is 0 Å². The number of rotatable bonds is 1. The van der Waals surface area contributed by atoms with Gasteiger partial charge in [-0.25, -0.2) is 0 Å². The highest BCUT2D eigenvalue weighted by Gasteiger charge is 2.44. The summed E-state index contributed by atoms with van der Waals surface area (Å²) in [6.45, 7) is 0. The number of hydrogen-bond acceptors (Lipinski definition) is 2. The number of nitrogens with zero attached hydrogens (tertiary/aromatic N) is 2. The Morgan fingerprint density at radius 2 is 2.27 bits per heavy atom. The van der Waals surface area contributed by atoms with E-state index in [1.807, 2.05) is 0 Å². The van der Waals surface area contributed by atoms with E-state index in [2.05, 4.69) is 15.9 Å². The fraction of sp³-hybridized carbons (Fsp3) is 0.333. The van der Waals surface area contributed by atoms with Crippen molar-refractivity contribution in [2.45, 2.75) is 18.3 Å². The first-order chi connectivity index (χ1) is 5.37. The van der Waals surface area contributed by atoms with E-state index in [1.165, 1.54) is 0 Å². The first-order valence-corrected chi connectivity index (χ1v) is 3.62. The van der Waals surface area contributed by atoms with Crippen LogP contribution in [0.3, 0.4) is 0 Å². The van der Waals surface area contributed by atoms with Crippen LogP contribution in [-0.4, -0.2) is 9.97 Å². The molecule has 0 bridgehead atoms. The summed E-state index contributed by atoms with van der Waals surface area (Å²) in [5.41, 5.74) is 0.886. The maximum atomic E-state index is 5.38. The maximum absolute atomic E-state index is 5.38. The quantitative estimate of drug-likeness (QED) is 0.552. The van der Waals surface area contributed by atoms with Crippen LogP contribution >= 0.6 is 0 Å². The van der Waals surface area contributed by atoms with Gasteiger partial charge in [-0.2, -0.15) is 0 Å². The van der Waals surface area contributed by atoms with Crippen LogP contribution in [0.2, 0.25) is 0 Å². The van der Waals surface area contributed by atoms with E-state index in [4.69, 9.17) is 6.42 Å². The molecule has 0 radical (unpaired) electrons. The summed E-state index contributed by atoms with van der Waals surface area (Å²) in [5, 5.41) is 0. The largest absolute Gasteiger partial charge is 0.261 e. The van der Waals surface area contributed by atoms with Gasteiger partial charge in [-0.15, -0.1) is 6.42 Å². The maximum Gasteiger partial charge on any atom is 0.0767 e. The Kier molecular flexibility index (Phi) is 1.19. The molecule has 0 amide bonds. The third kappa shape index (κ3) is 0.894. The average molecular weight is 144 g/mol. The topological polar surface area (TPSA) is 25.8 Å². The van der Waals surface area contributed by atoms with E-state index >= 15 is 0 Å². The van der Waals surface area contributed by atoms with Gasteiger partial charge in [0.1, 0.15) is 0 Å². The molecular weight excluding hydrogens is 136 g/mol. The Hall–Kier alpha value is -1.36. The van der Waals surface area contributed by atoms with Crippen LogP contribution in [0.25, 0.3) is 0 Å². The van der Waals surface area contributed by atoms with Gasteiger partial charge >= 0.3 is 0 Å². The zero-order valence-electron chi connectivity index (χ0n) is 6.12. The summed E-state index contributed by atoms with van der Waals surface area (Å²) in [5.74, 6) is 2.77. The fourth-order valence-corrected chi connectivity index (χ4v) is 1.15. The molecule has 1 aliphatic carbocycles. The molecule has 2 nitrogen and oxygen atoms in total. The van der Waals surface area contributed by atoms with Crippen molar-refractivity contribution >= 4 is 0 Å². The Morgan fingerprint density at radius 3 is 2.73 bits per heavy atom. The zero-order chi connectivity index (χ0) is 7.73. The molecule has 1 aromatic heterocycles. The standard InChI is InChI=1S/C9H8N2/c1-2-9(3-4-9)8-7-10-5-6-11-8/h1,5-7H,3-4H2. The normalized spacial score (nSPS) is 18.8. The Labute approximate surface area is 65.7 Å². The molecule has 54 valence electrons. The van der Waals surface area contributed by atoms with E-state index in [0.717, 1.165) is 18.5 Å². The lowest BCUT2D eigenvalue weighted by atomic mass is 10.1. The highest BCUT2D eigenvalue weighted by Crippen LogP contribution is 2.46. The van der Waals surface area contributed by atoms with Crippen LogP contribution in [-0.2, 0) is 5.41 Å². The lowest BCUT2D eigenvalue weighted by molar-refractivity contribution is 0.855. The SMILES string of the molecule is C#CC1(c2cnccn2)CC1. The molecular formula is C9H8N2. The van der Waals surface area contributed by atoms with Crippen LogP contribution in [0.1, 0.15) is 18.5 Å². The van der Waals surface area contributed by atoms with Crippen molar-refractivity contribution in [2.75, 3.05) is 0 Å². The summed E-state index contributed by atoms with van der Waals surface area (Å²) in [4.78, 5) is 8.16. The summed E-state index contributed by atoms with van der Waals surface area (Å²) in [7, 11) is 0. The molecule has 0 aliphatic heterocycles. The van der Waals surface area contributed by atoms with Gasteiger partial charge in [-0.05, 0) is 12.8 Å². The Bertz CT molecular complexity index is 293. The summed E-state index contributed by atoms with van der Waals surface area (Å²) >= 11 is 0. The Balaban J connectivity index is 2.39. The van der Waals surface area contributed by atoms with Crippen LogP contribution in [0, 0.1) is 12.3 Å². The first kappa shape index (κ1) is 6.36. The van der Waals surface area contributed by atoms with Gasteiger partial charge in [-0.1, -0.05) is 5.92 Å². The van der Waals surface area contributed by atoms with Gasteiger partial charge in [0.05, 0.1) is 11.1 Å². The molecule has 2 heteroatoms. The van der Waals surface area contributed by atoms with Crippen molar-refractivity contribution in [3.63, 3.8) is 0 Å². The third-order valence-corrected chi connectivity index (χ3v) is 2.08. The molecule has 1 aromatic rings. The summed E-state index contributed by atoms with van der Waals surface area (Å²) in [6.07, 6.45) is 12.6. The minimum Gasteiger partial charge on any atom is -0.261 e. The van der Waals surface area contributed by atoms with Crippen molar-refractivity contribution < 1.29 is 0 Å². The van der Waals surface area contributed by atoms with Crippen LogP contribution < -0.4 is 0 Å². The lowest BCUT2D eigenvalue weighted by Gasteiger charge is -2.03. The molecule has 11 heavy (non-hydrogen) atoms.